The number of benzene rings is 1. The standard InChI is InChI=1S/C12H9ClF3NOS/c1-6-4-7(2-3-8(6)13)10(18)9-5-17-11(19-9)12(14,15)16/h2-5,10,18H,1H3. The van der Waals surface area contributed by atoms with Gasteiger partial charge < -0.3 is 5.11 Å². The summed E-state index contributed by atoms with van der Waals surface area (Å²) in [5.74, 6) is 0. The molecule has 2 rings (SSSR count). The first-order valence-electron chi connectivity index (χ1n) is 5.26. The minimum atomic E-state index is -4.49. The molecule has 1 atom stereocenters. The molecule has 0 amide bonds. The monoisotopic (exact) mass is 307 g/mol. The Labute approximate surface area is 116 Å². The minimum Gasteiger partial charge on any atom is -0.383 e. The van der Waals surface area contributed by atoms with Crippen LogP contribution in [0.1, 0.15) is 27.1 Å². The molecule has 2 aromatic rings. The summed E-state index contributed by atoms with van der Waals surface area (Å²) in [6.07, 6.45) is -4.58. The van der Waals surface area contributed by atoms with Crippen LogP contribution in [0.25, 0.3) is 0 Å². The van der Waals surface area contributed by atoms with Crippen LogP contribution in [0.5, 0.6) is 0 Å². The van der Waals surface area contributed by atoms with Crippen molar-refractivity contribution in [3.05, 3.63) is 50.4 Å². The van der Waals surface area contributed by atoms with Crippen LogP contribution in [0.2, 0.25) is 5.02 Å². The Morgan fingerprint density at radius 1 is 1.37 bits per heavy atom. The maximum Gasteiger partial charge on any atom is 0.443 e. The second kappa shape index (κ2) is 5.11. The van der Waals surface area contributed by atoms with Crippen molar-refractivity contribution in [2.45, 2.75) is 19.2 Å². The lowest BCUT2D eigenvalue weighted by atomic mass is 10.1. The van der Waals surface area contributed by atoms with Gasteiger partial charge in [0.1, 0.15) is 6.10 Å². The van der Waals surface area contributed by atoms with E-state index in [1.54, 1.807) is 25.1 Å². The van der Waals surface area contributed by atoms with Gasteiger partial charge in [0.25, 0.3) is 0 Å². The zero-order valence-electron chi connectivity index (χ0n) is 9.70. The molecule has 0 fully saturated rings. The summed E-state index contributed by atoms with van der Waals surface area (Å²) in [7, 11) is 0. The van der Waals surface area contributed by atoms with E-state index in [9.17, 15) is 18.3 Å². The quantitative estimate of drug-likeness (QED) is 0.901. The Kier molecular flexibility index (Phi) is 3.85. The van der Waals surface area contributed by atoms with E-state index in [1.165, 1.54) is 0 Å². The molecule has 0 aliphatic rings. The molecule has 1 unspecified atom stereocenters. The van der Waals surface area contributed by atoms with Crippen LogP contribution in [-0.4, -0.2) is 10.1 Å². The first kappa shape index (κ1) is 14.3. The lowest BCUT2D eigenvalue weighted by Gasteiger charge is -2.10. The highest BCUT2D eigenvalue weighted by atomic mass is 35.5. The Hall–Kier alpha value is -1.11. The van der Waals surface area contributed by atoms with Gasteiger partial charge in [-0.15, -0.1) is 11.3 Å². The molecule has 1 N–H and O–H groups in total. The molecule has 1 heterocycles. The van der Waals surface area contributed by atoms with Gasteiger partial charge in [0.05, 0.1) is 4.88 Å². The molecule has 2 nitrogen and oxygen atoms in total. The highest BCUT2D eigenvalue weighted by Gasteiger charge is 2.35. The number of aliphatic hydroxyl groups is 1. The van der Waals surface area contributed by atoms with Crippen LogP contribution < -0.4 is 0 Å². The summed E-state index contributed by atoms with van der Waals surface area (Å²) in [6, 6.07) is 4.81. The van der Waals surface area contributed by atoms with Crippen molar-refractivity contribution in [3.8, 4) is 0 Å². The highest BCUT2D eigenvalue weighted by Crippen LogP contribution is 2.36. The van der Waals surface area contributed by atoms with Crippen molar-refractivity contribution in [1.82, 2.24) is 4.98 Å². The third-order valence-corrected chi connectivity index (χ3v) is 4.05. The average Bonchev–Trinajstić information content (AvgIpc) is 2.81. The fraction of sp³-hybridized carbons (Fsp3) is 0.250. The first-order chi connectivity index (χ1) is 8.79. The van der Waals surface area contributed by atoms with Crippen LogP contribution in [0, 0.1) is 6.92 Å². The van der Waals surface area contributed by atoms with Gasteiger partial charge in [0.2, 0.25) is 0 Å². The lowest BCUT2D eigenvalue weighted by Crippen LogP contribution is -2.03. The van der Waals surface area contributed by atoms with Gasteiger partial charge in [-0.3, -0.25) is 0 Å². The normalized spacial score (nSPS) is 13.6. The molecule has 1 aromatic carbocycles. The molecular formula is C12H9ClF3NOS. The van der Waals surface area contributed by atoms with E-state index in [-0.39, 0.29) is 4.88 Å². The molecule has 0 bridgehead atoms. The van der Waals surface area contributed by atoms with Gasteiger partial charge in [0, 0.05) is 11.2 Å². The summed E-state index contributed by atoms with van der Waals surface area (Å²) in [5, 5.41) is 9.62. The molecule has 0 radical (unpaired) electrons. The van der Waals surface area contributed by atoms with E-state index >= 15 is 0 Å². The Morgan fingerprint density at radius 3 is 2.58 bits per heavy atom. The fourth-order valence-corrected chi connectivity index (χ4v) is 2.46. The number of aliphatic hydroxyl groups excluding tert-OH is 1. The zero-order chi connectivity index (χ0) is 14.2. The summed E-state index contributed by atoms with van der Waals surface area (Å²) < 4.78 is 37.3. The molecule has 0 aliphatic heterocycles. The number of alkyl halides is 3. The number of hydrogen-bond acceptors (Lipinski definition) is 3. The summed E-state index contributed by atoms with van der Waals surface area (Å²) in [4.78, 5) is 3.43. The van der Waals surface area contributed by atoms with E-state index in [4.69, 9.17) is 11.6 Å². The van der Waals surface area contributed by atoms with Crippen LogP contribution in [0.15, 0.2) is 24.4 Å². The maximum absolute atomic E-state index is 12.4. The molecule has 0 aliphatic carbocycles. The second-order valence-corrected chi connectivity index (χ2v) is 5.45. The maximum atomic E-state index is 12.4. The van der Waals surface area contributed by atoms with Crippen molar-refractivity contribution in [2.24, 2.45) is 0 Å². The number of halogens is 4. The number of rotatable bonds is 2. The molecule has 19 heavy (non-hydrogen) atoms. The van der Waals surface area contributed by atoms with Gasteiger partial charge in [-0.1, -0.05) is 23.7 Å². The molecule has 102 valence electrons. The van der Waals surface area contributed by atoms with E-state index in [0.29, 0.717) is 21.9 Å². The number of thiazole rings is 1. The lowest BCUT2D eigenvalue weighted by molar-refractivity contribution is -0.137. The third-order valence-electron chi connectivity index (χ3n) is 2.53. The third kappa shape index (κ3) is 3.08. The number of aromatic nitrogens is 1. The van der Waals surface area contributed by atoms with Crippen molar-refractivity contribution < 1.29 is 18.3 Å². The van der Waals surface area contributed by atoms with E-state index in [1.807, 2.05) is 0 Å². The molecule has 7 heteroatoms. The minimum absolute atomic E-state index is 0.147. The molecule has 1 aromatic heterocycles. The van der Waals surface area contributed by atoms with Gasteiger partial charge in [-0.2, -0.15) is 13.2 Å². The Balaban J connectivity index is 2.31. The number of aryl methyl sites for hydroxylation is 1. The van der Waals surface area contributed by atoms with Crippen molar-refractivity contribution in [1.29, 1.82) is 0 Å². The highest BCUT2D eigenvalue weighted by molar-refractivity contribution is 7.11. The average molecular weight is 308 g/mol. The van der Waals surface area contributed by atoms with Crippen LogP contribution in [0.4, 0.5) is 13.2 Å². The van der Waals surface area contributed by atoms with Gasteiger partial charge in [0.15, 0.2) is 5.01 Å². The van der Waals surface area contributed by atoms with Crippen molar-refractivity contribution >= 4 is 22.9 Å². The van der Waals surface area contributed by atoms with Crippen molar-refractivity contribution in [3.63, 3.8) is 0 Å². The zero-order valence-corrected chi connectivity index (χ0v) is 11.3. The van der Waals surface area contributed by atoms with E-state index in [2.05, 4.69) is 4.98 Å². The fourth-order valence-electron chi connectivity index (χ4n) is 1.55. The van der Waals surface area contributed by atoms with Gasteiger partial charge in [-0.05, 0) is 24.1 Å². The molecule has 0 saturated heterocycles. The Morgan fingerprint density at radius 2 is 2.05 bits per heavy atom. The number of hydrogen-bond donors (Lipinski definition) is 1. The largest absolute Gasteiger partial charge is 0.443 e. The molecular weight excluding hydrogens is 299 g/mol. The SMILES string of the molecule is Cc1cc(C(O)c2cnc(C(F)(F)F)s2)ccc1Cl. The van der Waals surface area contributed by atoms with Crippen LogP contribution in [-0.2, 0) is 6.18 Å². The topological polar surface area (TPSA) is 33.1 Å². The van der Waals surface area contributed by atoms with Gasteiger partial charge in [-0.25, -0.2) is 4.98 Å². The molecule has 0 spiro atoms. The molecule has 0 saturated carbocycles. The van der Waals surface area contributed by atoms with Crippen molar-refractivity contribution in [2.75, 3.05) is 0 Å². The van der Waals surface area contributed by atoms with Gasteiger partial charge >= 0.3 is 6.18 Å². The summed E-state index contributed by atoms with van der Waals surface area (Å²) >= 11 is 6.29. The predicted molar refractivity (Wildman–Crippen MR) is 67.4 cm³/mol. The summed E-state index contributed by atoms with van der Waals surface area (Å²) in [6.45, 7) is 1.76. The Bertz CT molecular complexity index is 597. The number of nitrogens with zero attached hydrogens (tertiary/aromatic N) is 1. The smallest absolute Gasteiger partial charge is 0.383 e. The van der Waals surface area contributed by atoms with Crippen LogP contribution >= 0.6 is 22.9 Å². The second-order valence-electron chi connectivity index (χ2n) is 3.98. The van der Waals surface area contributed by atoms with E-state index in [0.717, 1.165) is 11.8 Å². The first-order valence-corrected chi connectivity index (χ1v) is 6.45. The van der Waals surface area contributed by atoms with E-state index < -0.39 is 17.3 Å². The summed E-state index contributed by atoms with van der Waals surface area (Å²) in [5.41, 5.74) is 1.23. The predicted octanol–water partition coefficient (Wildman–Crippen LogP) is 4.21. The van der Waals surface area contributed by atoms with Crippen LogP contribution in [0.3, 0.4) is 0 Å².